The van der Waals surface area contributed by atoms with Crippen LogP contribution in [0.1, 0.15) is 5.56 Å². The Morgan fingerprint density at radius 2 is 1.58 bits per heavy atom. The number of nitrogens with zero attached hydrogens (tertiary/aromatic N) is 1. The molecular formula is C19H18N3O2+. The molecule has 0 spiro atoms. The van der Waals surface area contributed by atoms with E-state index in [2.05, 4.69) is 10.6 Å². The summed E-state index contributed by atoms with van der Waals surface area (Å²) in [6.07, 6.45) is 3.71. The minimum absolute atomic E-state index is 0.0869. The minimum atomic E-state index is -0.495. The number of benzene rings is 2. The summed E-state index contributed by atoms with van der Waals surface area (Å²) < 4.78 is 1.75. The van der Waals surface area contributed by atoms with E-state index in [-0.39, 0.29) is 12.5 Å². The second-order valence-corrected chi connectivity index (χ2v) is 5.46. The molecule has 0 aliphatic rings. The summed E-state index contributed by atoms with van der Waals surface area (Å²) in [6, 6.07) is 18.9. The summed E-state index contributed by atoms with van der Waals surface area (Å²) >= 11 is 0. The molecule has 0 unspecified atom stereocenters. The number of hydrogen-bond acceptors (Lipinski definition) is 2. The third kappa shape index (κ3) is 4.16. The number of urea groups is 1. The first kappa shape index (κ1) is 15.7. The van der Waals surface area contributed by atoms with Crippen molar-refractivity contribution < 1.29 is 14.2 Å². The summed E-state index contributed by atoms with van der Waals surface area (Å²) in [4.78, 5) is 23.8. The summed E-state index contributed by atoms with van der Waals surface area (Å²) in [5, 5.41) is 7.15. The van der Waals surface area contributed by atoms with E-state index >= 15 is 0 Å². The van der Waals surface area contributed by atoms with Crippen LogP contribution >= 0.6 is 0 Å². The molecule has 1 heterocycles. The van der Waals surface area contributed by atoms with Gasteiger partial charge in [0.2, 0.25) is 6.54 Å². The first-order valence-electron chi connectivity index (χ1n) is 7.70. The zero-order chi connectivity index (χ0) is 16.8. The number of imide groups is 1. The molecule has 2 aromatic carbocycles. The molecule has 0 fully saturated rings. The Balaban J connectivity index is 1.53. The SMILES string of the molecule is O=C(C[n+]1ccc2ccccc2c1)NC(=O)NCc1ccccc1. The zero-order valence-corrected chi connectivity index (χ0v) is 13.1. The number of aromatic nitrogens is 1. The number of nitrogens with one attached hydrogen (secondary N) is 2. The van der Waals surface area contributed by atoms with E-state index in [9.17, 15) is 9.59 Å². The molecule has 120 valence electrons. The van der Waals surface area contributed by atoms with Crippen LogP contribution in [-0.2, 0) is 17.9 Å². The number of hydrogen-bond donors (Lipinski definition) is 2. The fourth-order valence-corrected chi connectivity index (χ4v) is 2.43. The molecule has 0 aliphatic heterocycles. The van der Waals surface area contributed by atoms with Crippen LogP contribution in [0.25, 0.3) is 10.8 Å². The van der Waals surface area contributed by atoms with Gasteiger partial charge < -0.3 is 5.32 Å². The first-order valence-corrected chi connectivity index (χ1v) is 7.70. The van der Waals surface area contributed by atoms with Gasteiger partial charge >= 0.3 is 6.03 Å². The van der Waals surface area contributed by atoms with Crippen LogP contribution in [0.3, 0.4) is 0 Å². The van der Waals surface area contributed by atoms with Crippen LogP contribution in [0.15, 0.2) is 73.1 Å². The average molecular weight is 320 g/mol. The van der Waals surface area contributed by atoms with Crippen LogP contribution in [0, 0.1) is 0 Å². The predicted molar refractivity (Wildman–Crippen MR) is 91.0 cm³/mol. The van der Waals surface area contributed by atoms with Gasteiger partial charge in [-0.05, 0) is 17.0 Å². The second-order valence-electron chi connectivity index (χ2n) is 5.46. The average Bonchev–Trinajstić information content (AvgIpc) is 2.60. The second kappa shape index (κ2) is 7.37. The van der Waals surface area contributed by atoms with Gasteiger partial charge in [-0.15, -0.1) is 0 Å². The standard InChI is InChI=1S/C19H17N3O2/c23-18(21-19(24)20-12-15-6-2-1-3-7-15)14-22-11-10-16-8-4-5-9-17(16)13-22/h1-11,13H,12,14H2,(H-,20,21,23,24)/p+1. The molecule has 0 aliphatic carbocycles. The molecule has 3 aromatic rings. The van der Waals surface area contributed by atoms with Gasteiger partial charge in [-0.25, -0.2) is 4.79 Å². The van der Waals surface area contributed by atoms with Gasteiger partial charge in [0, 0.05) is 18.0 Å². The van der Waals surface area contributed by atoms with Crippen molar-refractivity contribution in [1.29, 1.82) is 0 Å². The van der Waals surface area contributed by atoms with E-state index in [0.717, 1.165) is 16.3 Å². The number of carbonyl (C=O) groups excluding carboxylic acids is 2. The number of rotatable bonds is 4. The largest absolute Gasteiger partial charge is 0.334 e. The molecule has 5 heteroatoms. The van der Waals surface area contributed by atoms with Crippen molar-refractivity contribution in [3.8, 4) is 0 Å². The van der Waals surface area contributed by atoms with Crippen LogP contribution in [0.5, 0.6) is 0 Å². The number of carbonyl (C=O) groups is 2. The lowest BCUT2D eigenvalue weighted by molar-refractivity contribution is -0.683. The molecule has 3 rings (SSSR count). The minimum Gasteiger partial charge on any atom is -0.334 e. The molecule has 0 atom stereocenters. The summed E-state index contributed by atoms with van der Waals surface area (Å²) in [5.41, 5.74) is 0.976. The quantitative estimate of drug-likeness (QED) is 0.724. The fraction of sp³-hybridized carbons (Fsp3) is 0.105. The van der Waals surface area contributed by atoms with E-state index < -0.39 is 6.03 Å². The molecular weight excluding hydrogens is 302 g/mol. The van der Waals surface area contributed by atoms with Gasteiger partial charge in [0.1, 0.15) is 0 Å². The Labute approximate surface area is 139 Å². The molecule has 0 radical (unpaired) electrons. The Bertz CT molecular complexity index is 863. The Hall–Kier alpha value is -3.21. The van der Waals surface area contributed by atoms with Crippen molar-refractivity contribution in [3.63, 3.8) is 0 Å². The highest BCUT2D eigenvalue weighted by atomic mass is 16.2. The maximum Gasteiger partial charge on any atom is 0.321 e. The molecule has 5 nitrogen and oxygen atoms in total. The Kier molecular flexibility index (Phi) is 4.81. The van der Waals surface area contributed by atoms with Crippen molar-refractivity contribution >= 4 is 22.7 Å². The van der Waals surface area contributed by atoms with Crippen LogP contribution in [0.4, 0.5) is 4.79 Å². The summed E-state index contributed by atoms with van der Waals surface area (Å²) in [6.45, 7) is 0.465. The van der Waals surface area contributed by atoms with E-state index in [0.29, 0.717) is 6.54 Å². The third-order valence-corrected chi connectivity index (χ3v) is 3.62. The van der Waals surface area contributed by atoms with Gasteiger partial charge in [-0.3, -0.25) is 10.1 Å². The van der Waals surface area contributed by atoms with Crippen molar-refractivity contribution in [2.75, 3.05) is 0 Å². The van der Waals surface area contributed by atoms with E-state index in [4.69, 9.17) is 0 Å². The summed E-state index contributed by atoms with van der Waals surface area (Å²) in [7, 11) is 0. The van der Waals surface area contributed by atoms with Crippen LogP contribution in [0.2, 0.25) is 0 Å². The lowest BCUT2D eigenvalue weighted by atomic mass is 10.2. The highest BCUT2D eigenvalue weighted by Gasteiger charge is 2.13. The Morgan fingerprint density at radius 1 is 0.875 bits per heavy atom. The van der Waals surface area contributed by atoms with Crippen LogP contribution in [-0.4, -0.2) is 11.9 Å². The number of fused-ring (bicyclic) bond motifs is 1. The highest BCUT2D eigenvalue weighted by molar-refractivity contribution is 5.93. The van der Waals surface area contributed by atoms with E-state index in [1.54, 1.807) is 4.57 Å². The number of pyridine rings is 1. The van der Waals surface area contributed by atoms with Crippen molar-refractivity contribution in [3.05, 3.63) is 78.6 Å². The van der Waals surface area contributed by atoms with Gasteiger partial charge in [0.15, 0.2) is 12.4 Å². The lowest BCUT2D eigenvalue weighted by Crippen LogP contribution is -2.47. The third-order valence-electron chi connectivity index (χ3n) is 3.62. The normalized spacial score (nSPS) is 10.3. The van der Waals surface area contributed by atoms with Gasteiger partial charge in [-0.2, -0.15) is 4.57 Å². The molecule has 0 saturated carbocycles. The zero-order valence-electron chi connectivity index (χ0n) is 13.1. The van der Waals surface area contributed by atoms with Crippen LogP contribution < -0.4 is 15.2 Å². The maximum absolute atomic E-state index is 12.0. The highest BCUT2D eigenvalue weighted by Crippen LogP contribution is 2.09. The van der Waals surface area contributed by atoms with Gasteiger partial charge in [0.25, 0.3) is 5.91 Å². The van der Waals surface area contributed by atoms with Crippen molar-refractivity contribution in [2.45, 2.75) is 13.1 Å². The van der Waals surface area contributed by atoms with Gasteiger partial charge in [-0.1, -0.05) is 48.5 Å². The first-order chi connectivity index (χ1) is 11.7. The molecule has 2 N–H and O–H groups in total. The maximum atomic E-state index is 12.0. The Morgan fingerprint density at radius 3 is 2.38 bits per heavy atom. The topological polar surface area (TPSA) is 62.1 Å². The number of amides is 3. The molecule has 0 bridgehead atoms. The van der Waals surface area contributed by atoms with Gasteiger partial charge in [0.05, 0.1) is 0 Å². The lowest BCUT2D eigenvalue weighted by Gasteiger charge is -2.05. The van der Waals surface area contributed by atoms with E-state index in [1.165, 1.54) is 0 Å². The monoisotopic (exact) mass is 320 g/mol. The molecule has 1 aromatic heterocycles. The summed E-state index contributed by atoms with van der Waals surface area (Å²) in [5.74, 6) is -0.360. The fourth-order valence-electron chi connectivity index (χ4n) is 2.43. The van der Waals surface area contributed by atoms with Crippen molar-refractivity contribution in [2.24, 2.45) is 0 Å². The smallest absolute Gasteiger partial charge is 0.321 e. The predicted octanol–water partition coefficient (Wildman–Crippen LogP) is 2.15. The van der Waals surface area contributed by atoms with Crippen molar-refractivity contribution in [1.82, 2.24) is 10.6 Å². The molecule has 3 amide bonds. The van der Waals surface area contributed by atoms with E-state index in [1.807, 2.05) is 73.1 Å². The molecule has 0 saturated heterocycles. The molecule has 24 heavy (non-hydrogen) atoms.